The Morgan fingerprint density at radius 2 is 2.00 bits per heavy atom. The molecule has 0 spiro atoms. The summed E-state index contributed by atoms with van der Waals surface area (Å²) in [5.41, 5.74) is 6.16. The molecule has 3 rings (SSSR count). The van der Waals surface area contributed by atoms with E-state index < -0.39 is 10.0 Å². The monoisotopic (exact) mass is 350 g/mol. The second-order valence-corrected chi connectivity index (χ2v) is 7.38. The van der Waals surface area contributed by atoms with Gasteiger partial charge in [0.2, 0.25) is 10.0 Å². The number of likely N-dealkylation sites (tertiary alicyclic amines) is 1. The molecule has 1 saturated heterocycles. The number of nitrogens with one attached hydrogen (secondary N) is 3. The fourth-order valence-electron chi connectivity index (χ4n) is 2.70. The van der Waals surface area contributed by atoms with E-state index in [-0.39, 0.29) is 4.90 Å². The van der Waals surface area contributed by atoms with Crippen molar-refractivity contribution >= 4 is 21.9 Å². The van der Waals surface area contributed by atoms with Crippen LogP contribution in [-0.2, 0) is 10.0 Å². The highest BCUT2D eigenvalue weighted by Crippen LogP contribution is 2.21. The van der Waals surface area contributed by atoms with Crippen LogP contribution in [0.15, 0.2) is 46.5 Å². The van der Waals surface area contributed by atoms with Crippen molar-refractivity contribution in [2.75, 3.05) is 31.6 Å². The van der Waals surface area contributed by atoms with Crippen molar-refractivity contribution in [1.82, 2.24) is 20.3 Å². The van der Waals surface area contributed by atoms with E-state index in [2.05, 4.69) is 25.7 Å². The highest BCUT2D eigenvalue weighted by Gasteiger charge is 2.20. The number of para-hydroxylation sites is 1. The Labute approximate surface area is 142 Å². The summed E-state index contributed by atoms with van der Waals surface area (Å²) in [6.45, 7) is 3.24. The lowest BCUT2D eigenvalue weighted by Crippen LogP contribution is -2.37. The van der Waals surface area contributed by atoms with Gasteiger partial charge in [-0.2, -0.15) is 15.8 Å². The van der Waals surface area contributed by atoms with E-state index in [1.54, 1.807) is 42.8 Å². The summed E-state index contributed by atoms with van der Waals surface area (Å²) >= 11 is 0. The van der Waals surface area contributed by atoms with Crippen LogP contribution in [0.1, 0.15) is 12.8 Å². The number of hydrazone groups is 1. The molecule has 1 aromatic rings. The quantitative estimate of drug-likeness (QED) is 0.671. The van der Waals surface area contributed by atoms with E-state index in [4.69, 9.17) is 0 Å². The van der Waals surface area contributed by atoms with Crippen molar-refractivity contribution in [3.8, 4) is 0 Å². The summed E-state index contributed by atoms with van der Waals surface area (Å²) in [5.74, 6) is 0. The molecule has 2 aliphatic heterocycles. The second kappa shape index (κ2) is 7.65. The number of hydrazine groups is 2. The van der Waals surface area contributed by atoms with Crippen LogP contribution in [-0.4, -0.2) is 50.8 Å². The highest BCUT2D eigenvalue weighted by atomic mass is 32.2. The van der Waals surface area contributed by atoms with Crippen LogP contribution in [0.2, 0.25) is 0 Å². The van der Waals surface area contributed by atoms with Gasteiger partial charge in [-0.05, 0) is 44.1 Å². The van der Waals surface area contributed by atoms with Crippen LogP contribution in [0, 0.1) is 0 Å². The maximum atomic E-state index is 12.6. The number of hydrogen-bond donors (Lipinski definition) is 3. The minimum absolute atomic E-state index is 0.205. The van der Waals surface area contributed by atoms with Crippen LogP contribution in [0.4, 0.5) is 5.69 Å². The van der Waals surface area contributed by atoms with Crippen LogP contribution < -0.4 is 15.7 Å². The lowest BCUT2D eigenvalue weighted by Gasteiger charge is -2.24. The van der Waals surface area contributed by atoms with Crippen LogP contribution >= 0.6 is 0 Å². The first kappa shape index (κ1) is 16.7. The molecule has 8 nitrogen and oxygen atoms in total. The molecule has 0 aliphatic carbocycles. The first-order chi connectivity index (χ1) is 11.6. The van der Waals surface area contributed by atoms with Crippen LogP contribution in [0.3, 0.4) is 0 Å². The Morgan fingerprint density at radius 3 is 2.75 bits per heavy atom. The summed E-state index contributed by atoms with van der Waals surface area (Å²) in [6, 6.07) is 6.78. The Bertz CT molecular complexity index is 712. The molecule has 2 aliphatic rings. The SMILES string of the molecule is O=S(=O)(NCCN1CCCC1)c1ccccc1NN1C=CC=NN1. The minimum Gasteiger partial charge on any atom is -0.302 e. The fourth-order valence-corrected chi connectivity index (χ4v) is 3.88. The van der Waals surface area contributed by atoms with Gasteiger partial charge in [0, 0.05) is 19.3 Å². The average Bonchev–Trinajstić information content (AvgIpc) is 3.09. The molecule has 0 bridgehead atoms. The number of nitrogens with zero attached hydrogens (tertiary/aromatic N) is 3. The molecule has 2 heterocycles. The van der Waals surface area contributed by atoms with Crippen molar-refractivity contribution in [3.05, 3.63) is 36.5 Å². The van der Waals surface area contributed by atoms with Gasteiger partial charge < -0.3 is 4.90 Å². The van der Waals surface area contributed by atoms with Crippen molar-refractivity contribution < 1.29 is 8.42 Å². The normalized spacial score (nSPS) is 17.9. The molecule has 0 saturated carbocycles. The Morgan fingerprint density at radius 1 is 1.21 bits per heavy atom. The van der Waals surface area contributed by atoms with E-state index >= 15 is 0 Å². The zero-order chi connectivity index (χ0) is 16.8. The smallest absolute Gasteiger partial charge is 0.242 e. The van der Waals surface area contributed by atoms with Gasteiger partial charge in [0.05, 0.1) is 11.9 Å². The summed E-state index contributed by atoms with van der Waals surface area (Å²) in [6.07, 6.45) is 7.42. The van der Waals surface area contributed by atoms with Gasteiger partial charge in [0.15, 0.2) is 0 Å². The number of allylic oxidation sites excluding steroid dienone is 1. The minimum atomic E-state index is -3.59. The largest absolute Gasteiger partial charge is 0.302 e. The second-order valence-electron chi connectivity index (χ2n) is 5.64. The summed E-state index contributed by atoms with van der Waals surface area (Å²) in [5, 5.41) is 5.36. The lowest BCUT2D eigenvalue weighted by atomic mass is 10.3. The summed E-state index contributed by atoms with van der Waals surface area (Å²) in [4.78, 5) is 2.48. The molecule has 0 unspecified atom stereocenters. The zero-order valence-corrected chi connectivity index (χ0v) is 14.2. The van der Waals surface area contributed by atoms with Crippen molar-refractivity contribution in [2.24, 2.45) is 5.10 Å². The maximum Gasteiger partial charge on any atom is 0.242 e. The van der Waals surface area contributed by atoms with Gasteiger partial charge in [-0.15, -0.1) is 0 Å². The van der Waals surface area contributed by atoms with Gasteiger partial charge in [-0.25, -0.2) is 13.1 Å². The molecule has 1 fully saturated rings. The lowest BCUT2D eigenvalue weighted by molar-refractivity contribution is 0.329. The summed E-state index contributed by atoms with van der Waals surface area (Å²) < 4.78 is 27.9. The number of sulfonamides is 1. The molecule has 24 heavy (non-hydrogen) atoms. The first-order valence-corrected chi connectivity index (χ1v) is 9.46. The molecule has 0 atom stereocenters. The van der Waals surface area contributed by atoms with Gasteiger partial charge in [0.25, 0.3) is 0 Å². The molecule has 0 amide bonds. The fraction of sp³-hybridized carbons (Fsp3) is 0.400. The number of benzene rings is 1. The molecule has 0 radical (unpaired) electrons. The first-order valence-electron chi connectivity index (χ1n) is 7.98. The van der Waals surface area contributed by atoms with Crippen LogP contribution in [0.25, 0.3) is 0 Å². The standard InChI is InChI=1S/C15H22N6O2S/c22-24(23,17-9-13-20-10-3-4-11-20)15-7-2-1-6-14(15)18-21-12-5-8-16-19-21/h1-2,5-8,12,17-19H,3-4,9-11,13H2. The van der Waals surface area contributed by atoms with Gasteiger partial charge in [0.1, 0.15) is 4.90 Å². The van der Waals surface area contributed by atoms with Crippen LogP contribution in [0.5, 0.6) is 0 Å². The number of hydrogen-bond acceptors (Lipinski definition) is 7. The predicted octanol–water partition coefficient (Wildman–Crippen LogP) is 0.707. The number of rotatable bonds is 7. The van der Waals surface area contributed by atoms with E-state index in [0.717, 1.165) is 19.6 Å². The summed E-state index contributed by atoms with van der Waals surface area (Å²) in [7, 11) is -3.59. The zero-order valence-electron chi connectivity index (χ0n) is 13.4. The maximum absolute atomic E-state index is 12.6. The van der Waals surface area contributed by atoms with E-state index in [9.17, 15) is 8.42 Å². The number of anilines is 1. The predicted molar refractivity (Wildman–Crippen MR) is 93.5 cm³/mol. The Balaban J connectivity index is 1.65. The van der Waals surface area contributed by atoms with Crippen molar-refractivity contribution in [1.29, 1.82) is 0 Å². The van der Waals surface area contributed by atoms with Crippen molar-refractivity contribution in [3.63, 3.8) is 0 Å². The topological polar surface area (TPSA) is 89.1 Å². The van der Waals surface area contributed by atoms with Gasteiger partial charge in [-0.1, -0.05) is 12.1 Å². The van der Waals surface area contributed by atoms with Gasteiger partial charge in [-0.3, -0.25) is 5.43 Å². The van der Waals surface area contributed by atoms with E-state index in [0.29, 0.717) is 12.2 Å². The molecular weight excluding hydrogens is 328 g/mol. The molecule has 3 N–H and O–H groups in total. The Hall–Kier alpha value is -2.10. The van der Waals surface area contributed by atoms with E-state index in [1.165, 1.54) is 18.0 Å². The Kier molecular flexibility index (Phi) is 5.34. The van der Waals surface area contributed by atoms with E-state index in [1.807, 2.05) is 0 Å². The molecule has 130 valence electrons. The highest BCUT2D eigenvalue weighted by molar-refractivity contribution is 7.89. The third kappa shape index (κ3) is 4.25. The molecular formula is C15H22N6O2S. The molecule has 1 aromatic carbocycles. The average molecular weight is 350 g/mol. The third-order valence-corrected chi connectivity index (χ3v) is 5.42. The van der Waals surface area contributed by atoms with Gasteiger partial charge >= 0.3 is 0 Å². The third-order valence-electron chi connectivity index (χ3n) is 3.90. The molecule has 9 heteroatoms. The molecule has 0 aromatic heterocycles. The van der Waals surface area contributed by atoms with Crippen molar-refractivity contribution in [2.45, 2.75) is 17.7 Å².